The highest BCUT2D eigenvalue weighted by molar-refractivity contribution is 9.10. The van der Waals surface area contributed by atoms with Crippen molar-refractivity contribution in [2.75, 3.05) is 6.61 Å². The van der Waals surface area contributed by atoms with Crippen LogP contribution in [-0.4, -0.2) is 19.2 Å². The summed E-state index contributed by atoms with van der Waals surface area (Å²) in [5.41, 5.74) is -0.00296. The standard InChI is InChI=1S/C15H20BrNO2Si/c1-20(2,3)10-9-19-11-17-8-7-12-13(15(17)18)5-4-6-14(12)16/h4-8H,9-11H2,1-3H3. The highest BCUT2D eigenvalue weighted by Crippen LogP contribution is 2.20. The van der Waals surface area contributed by atoms with Gasteiger partial charge in [-0.2, -0.15) is 0 Å². The zero-order valence-electron chi connectivity index (χ0n) is 12.1. The van der Waals surface area contributed by atoms with E-state index in [4.69, 9.17) is 4.74 Å². The van der Waals surface area contributed by atoms with Crippen molar-refractivity contribution >= 4 is 34.8 Å². The van der Waals surface area contributed by atoms with E-state index in [2.05, 4.69) is 35.6 Å². The van der Waals surface area contributed by atoms with Crippen molar-refractivity contribution in [3.8, 4) is 0 Å². The average Bonchev–Trinajstić information content (AvgIpc) is 2.36. The van der Waals surface area contributed by atoms with E-state index in [-0.39, 0.29) is 5.56 Å². The second-order valence-electron chi connectivity index (χ2n) is 6.14. The number of benzene rings is 1. The molecule has 0 fully saturated rings. The topological polar surface area (TPSA) is 31.2 Å². The molecule has 0 radical (unpaired) electrons. The Labute approximate surface area is 128 Å². The Morgan fingerprint density at radius 3 is 2.65 bits per heavy atom. The molecule has 1 heterocycles. The lowest BCUT2D eigenvalue weighted by Gasteiger charge is -2.16. The minimum Gasteiger partial charge on any atom is -0.361 e. The van der Waals surface area contributed by atoms with E-state index < -0.39 is 8.07 Å². The molecule has 1 aromatic carbocycles. The van der Waals surface area contributed by atoms with Gasteiger partial charge in [-0.15, -0.1) is 0 Å². The lowest BCUT2D eigenvalue weighted by Crippen LogP contribution is -2.24. The molecule has 0 amide bonds. The highest BCUT2D eigenvalue weighted by atomic mass is 79.9. The summed E-state index contributed by atoms with van der Waals surface area (Å²) in [4.78, 5) is 12.3. The van der Waals surface area contributed by atoms with Gasteiger partial charge in [0.15, 0.2) is 0 Å². The van der Waals surface area contributed by atoms with Crippen LogP contribution in [0, 0.1) is 0 Å². The Balaban J connectivity index is 2.12. The van der Waals surface area contributed by atoms with E-state index in [1.807, 2.05) is 24.3 Å². The van der Waals surface area contributed by atoms with Crippen molar-refractivity contribution in [2.24, 2.45) is 0 Å². The molecule has 2 rings (SSSR count). The third-order valence-corrected chi connectivity index (χ3v) is 5.59. The molecular weight excluding hydrogens is 334 g/mol. The Morgan fingerprint density at radius 2 is 1.95 bits per heavy atom. The first-order chi connectivity index (χ1) is 9.38. The van der Waals surface area contributed by atoms with E-state index in [9.17, 15) is 4.79 Å². The number of aromatic nitrogens is 1. The first-order valence-electron chi connectivity index (χ1n) is 6.74. The molecule has 0 saturated heterocycles. The van der Waals surface area contributed by atoms with E-state index in [0.717, 1.165) is 27.9 Å². The maximum Gasteiger partial charge on any atom is 0.260 e. The van der Waals surface area contributed by atoms with Gasteiger partial charge >= 0.3 is 0 Å². The average molecular weight is 354 g/mol. The van der Waals surface area contributed by atoms with Gasteiger partial charge in [-0.05, 0) is 24.2 Å². The molecule has 0 aliphatic carbocycles. The number of nitrogens with zero attached hydrogens (tertiary/aromatic N) is 1. The van der Waals surface area contributed by atoms with Crippen molar-refractivity contribution in [1.29, 1.82) is 0 Å². The third kappa shape index (κ3) is 3.81. The van der Waals surface area contributed by atoms with Gasteiger partial charge in [0.05, 0.1) is 0 Å². The van der Waals surface area contributed by atoms with Crippen molar-refractivity contribution in [2.45, 2.75) is 32.4 Å². The number of ether oxygens (including phenoxy) is 1. The minimum atomic E-state index is -1.08. The Kier molecular flexibility index (Phi) is 4.83. The number of rotatable bonds is 5. The molecule has 0 aliphatic heterocycles. The van der Waals surface area contributed by atoms with E-state index >= 15 is 0 Å². The quantitative estimate of drug-likeness (QED) is 0.599. The fraction of sp³-hybridized carbons (Fsp3) is 0.400. The smallest absolute Gasteiger partial charge is 0.260 e. The monoisotopic (exact) mass is 353 g/mol. The lowest BCUT2D eigenvalue weighted by atomic mass is 10.2. The maximum atomic E-state index is 12.3. The van der Waals surface area contributed by atoms with Crippen molar-refractivity contribution < 1.29 is 4.74 Å². The zero-order valence-corrected chi connectivity index (χ0v) is 14.7. The summed E-state index contributed by atoms with van der Waals surface area (Å²) in [6.07, 6.45) is 1.80. The maximum absolute atomic E-state index is 12.3. The van der Waals surface area contributed by atoms with Crippen LogP contribution in [-0.2, 0) is 11.5 Å². The molecule has 108 valence electrons. The van der Waals surface area contributed by atoms with E-state index in [0.29, 0.717) is 6.73 Å². The summed E-state index contributed by atoms with van der Waals surface area (Å²) < 4.78 is 8.21. The zero-order chi connectivity index (χ0) is 14.8. The molecule has 0 saturated carbocycles. The van der Waals surface area contributed by atoms with Gasteiger partial charge < -0.3 is 4.74 Å². The van der Waals surface area contributed by atoms with Crippen LogP contribution < -0.4 is 5.56 Å². The minimum absolute atomic E-state index is 0.00296. The van der Waals surface area contributed by atoms with Crippen molar-refractivity contribution in [3.63, 3.8) is 0 Å². The first-order valence-corrected chi connectivity index (χ1v) is 11.2. The Hall–Kier alpha value is -0.913. The number of halogens is 1. The molecule has 0 bridgehead atoms. The Bertz CT molecular complexity index is 661. The summed E-state index contributed by atoms with van der Waals surface area (Å²) >= 11 is 3.47. The van der Waals surface area contributed by atoms with Gasteiger partial charge in [-0.25, -0.2) is 0 Å². The van der Waals surface area contributed by atoms with Crippen LogP contribution in [0.25, 0.3) is 10.8 Å². The summed E-state index contributed by atoms with van der Waals surface area (Å²) in [6, 6.07) is 8.73. The van der Waals surface area contributed by atoms with E-state index in [1.54, 1.807) is 10.8 Å². The molecule has 0 aliphatic rings. The van der Waals surface area contributed by atoms with Gasteiger partial charge in [0.1, 0.15) is 6.73 Å². The highest BCUT2D eigenvalue weighted by Gasteiger charge is 2.12. The first kappa shape index (κ1) is 15.5. The Morgan fingerprint density at radius 1 is 1.20 bits per heavy atom. The number of fused-ring (bicyclic) bond motifs is 1. The molecule has 2 aromatic rings. The predicted octanol–water partition coefficient (Wildman–Crippen LogP) is 4.08. The van der Waals surface area contributed by atoms with Crippen molar-refractivity contribution in [3.05, 3.63) is 45.3 Å². The summed E-state index contributed by atoms with van der Waals surface area (Å²) in [6.45, 7) is 7.99. The number of pyridine rings is 1. The predicted molar refractivity (Wildman–Crippen MR) is 90.0 cm³/mol. The summed E-state index contributed by atoms with van der Waals surface area (Å²) in [5.74, 6) is 0. The van der Waals surface area contributed by atoms with E-state index in [1.165, 1.54) is 0 Å². The lowest BCUT2D eigenvalue weighted by molar-refractivity contribution is 0.0851. The molecule has 0 spiro atoms. The SMILES string of the molecule is C[Si](C)(C)CCOCn1ccc2c(Br)cccc2c1=O. The van der Waals surface area contributed by atoms with Gasteiger partial charge in [-0.1, -0.05) is 41.6 Å². The molecule has 20 heavy (non-hydrogen) atoms. The van der Waals surface area contributed by atoms with Crippen molar-refractivity contribution in [1.82, 2.24) is 4.57 Å². The molecule has 0 unspecified atom stereocenters. The molecule has 0 atom stereocenters. The number of hydrogen-bond donors (Lipinski definition) is 0. The van der Waals surface area contributed by atoms with Crippen LogP contribution >= 0.6 is 15.9 Å². The fourth-order valence-corrected chi connectivity index (χ4v) is 3.18. The molecule has 1 aromatic heterocycles. The molecule has 3 nitrogen and oxygen atoms in total. The fourth-order valence-electron chi connectivity index (χ4n) is 1.92. The molecular formula is C15H20BrNO2Si. The number of hydrogen-bond acceptors (Lipinski definition) is 2. The van der Waals surface area contributed by atoms with Crippen LogP contribution in [0.3, 0.4) is 0 Å². The third-order valence-electron chi connectivity index (χ3n) is 3.19. The van der Waals surface area contributed by atoms with Gasteiger partial charge in [0.25, 0.3) is 5.56 Å². The largest absolute Gasteiger partial charge is 0.361 e. The molecule has 5 heteroatoms. The van der Waals surface area contributed by atoms with Crippen LogP contribution in [0.4, 0.5) is 0 Å². The second-order valence-corrected chi connectivity index (χ2v) is 12.6. The summed E-state index contributed by atoms with van der Waals surface area (Å²) in [5, 5.41) is 1.66. The second kappa shape index (κ2) is 6.24. The molecule has 0 N–H and O–H groups in total. The summed E-state index contributed by atoms with van der Waals surface area (Å²) in [7, 11) is -1.08. The van der Waals surface area contributed by atoms with Crippen LogP contribution in [0.1, 0.15) is 0 Å². The van der Waals surface area contributed by atoms with Crippen LogP contribution in [0.15, 0.2) is 39.7 Å². The van der Waals surface area contributed by atoms with Gasteiger partial charge in [0.2, 0.25) is 0 Å². The van der Waals surface area contributed by atoms with Gasteiger partial charge in [0, 0.05) is 36.1 Å². The van der Waals surface area contributed by atoms with Crippen LogP contribution in [0.2, 0.25) is 25.7 Å². The normalized spacial score (nSPS) is 12.0. The van der Waals surface area contributed by atoms with Crippen LogP contribution in [0.5, 0.6) is 0 Å². The van der Waals surface area contributed by atoms with Gasteiger partial charge in [-0.3, -0.25) is 9.36 Å².